The fourth-order valence-electron chi connectivity index (χ4n) is 5.14. The Balaban J connectivity index is -0.000000193. The highest BCUT2D eigenvalue weighted by atomic mass is 16.2. The van der Waals surface area contributed by atoms with E-state index in [0.29, 0.717) is 0 Å². The van der Waals surface area contributed by atoms with Crippen LogP contribution in [0.25, 0.3) is 0 Å². The zero-order valence-corrected chi connectivity index (χ0v) is 22.8. The van der Waals surface area contributed by atoms with Crippen LogP contribution in [0.4, 0.5) is 0 Å². The summed E-state index contributed by atoms with van der Waals surface area (Å²) in [4.78, 5) is 0. The Morgan fingerprint density at radius 2 is 0.467 bits per heavy atom. The van der Waals surface area contributed by atoms with Crippen molar-refractivity contribution in [3.8, 4) is 0 Å². The lowest BCUT2D eigenvalue weighted by molar-refractivity contribution is -0.928. The van der Waals surface area contributed by atoms with Crippen LogP contribution in [0, 0.1) is 0 Å². The Kier molecular flexibility index (Phi) is 33.3. The highest BCUT2D eigenvalue weighted by Gasteiger charge is 2.23. The number of nitrogens with zero attached hydrogens (tertiary/aromatic N) is 2. The summed E-state index contributed by atoms with van der Waals surface area (Å²) in [6.07, 6.45) is 10.7. The van der Waals surface area contributed by atoms with Crippen LogP contribution in [-0.4, -0.2) is 73.4 Å². The zero-order valence-electron chi connectivity index (χ0n) is 22.8. The maximum absolute atomic E-state index is 8.93. The maximum atomic E-state index is 8.93. The molecule has 0 fully saturated rings. The summed E-state index contributed by atoms with van der Waals surface area (Å²) < 4.78 is 2.75. The molecule has 30 heavy (non-hydrogen) atoms. The fourth-order valence-corrected chi connectivity index (χ4v) is 5.14. The second kappa shape index (κ2) is 26.9. The van der Waals surface area contributed by atoms with Crippen LogP contribution >= 0.6 is 0 Å². The molecule has 0 aromatic heterocycles. The number of rotatable bonds is 16. The number of hydrogen-bond acceptors (Lipinski definition) is 2. The monoisotopic (exact) mass is 434 g/mol. The molecule has 0 spiro atoms. The molecule has 0 saturated carbocycles. The van der Waals surface area contributed by atoms with Crippen molar-refractivity contribution in [2.75, 3.05) is 59.0 Å². The zero-order chi connectivity index (χ0) is 23.0. The molecule has 0 saturated heterocycles. The largest absolute Gasteiger partial charge is 0.870 e. The first-order valence-electron chi connectivity index (χ1n) is 13.2. The minimum absolute atomic E-state index is 0. The Labute approximate surface area is 192 Å². The summed E-state index contributed by atoms with van der Waals surface area (Å²) in [7, 11) is 0. The molecule has 0 radical (unpaired) electrons. The van der Waals surface area contributed by atoms with Crippen LogP contribution < -0.4 is 5.11 Å². The highest BCUT2D eigenvalue weighted by Crippen LogP contribution is 2.13. The van der Waals surface area contributed by atoms with E-state index < -0.39 is 0 Å². The van der Waals surface area contributed by atoms with Crippen molar-refractivity contribution >= 4 is 0 Å². The second-order valence-electron chi connectivity index (χ2n) is 8.76. The van der Waals surface area contributed by atoms with Crippen molar-refractivity contribution in [3.05, 3.63) is 0 Å². The SMILES string of the molecule is CCC[N+](CCC)(CCC)CCC.CCC[N+](CCC)(CCC)CCC.CC[O-].[OH-]. The summed E-state index contributed by atoms with van der Waals surface area (Å²) in [6, 6.07) is 0. The molecule has 188 valence electrons. The van der Waals surface area contributed by atoms with E-state index in [0.717, 1.165) is 0 Å². The van der Waals surface area contributed by atoms with E-state index in [-0.39, 0.29) is 12.1 Å². The lowest BCUT2D eigenvalue weighted by Gasteiger charge is -2.38. The first kappa shape index (κ1) is 37.2. The van der Waals surface area contributed by atoms with Crippen LogP contribution in [0.3, 0.4) is 0 Å². The quantitative estimate of drug-likeness (QED) is 0.277. The highest BCUT2D eigenvalue weighted by molar-refractivity contribution is 4.45. The number of hydrogen-bond donors (Lipinski definition) is 0. The molecule has 0 heterocycles. The van der Waals surface area contributed by atoms with E-state index in [1.807, 2.05) is 0 Å². The Hall–Kier alpha value is -0.160. The Bertz CT molecular complexity index is 212. The lowest BCUT2D eigenvalue weighted by Crippen LogP contribution is -2.50. The van der Waals surface area contributed by atoms with E-state index in [2.05, 4.69) is 55.4 Å². The molecule has 0 aromatic carbocycles. The van der Waals surface area contributed by atoms with E-state index >= 15 is 0 Å². The molecule has 1 N–H and O–H groups in total. The minimum atomic E-state index is 0. The Morgan fingerprint density at radius 1 is 0.367 bits per heavy atom. The summed E-state index contributed by atoms with van der Waals surface area (Å²) in [5, 5.41) is 8.93. The van der Waals surface area contributed by atoms with Gasteiger partial charge in [0.2, 0.25) is 0 Å². The molecule has 0 aliphatic rings. The first-order chi connectivity index (χ1) is 13.9. The van der Waals surface area contributed by atoms with Gasteiger partial charge >= 0.3 is 0 Å². The summed E-state index contributed by atoms with van der Waals surface area (Å²) in [6.45, 7) is 31.2. The van der Waals surface area contributed by atoms with E-state index in [1.54, 1.807) is 6.92 Å². The van der Waals surface area contributed by atoms with Gasteiger partial charge in [0.15, 0.2) is 0 Å². The van der Waals surface area contributed by atoms with Crippen molar-refractivity contribution in [1.29, 1.82) is 0 Å². The number of quaternary nitrogens is 2. The van der Waals surface area contributed by atoms with E-state index in [9.17, 15) is 0 Å². The van der Waals surface area contributed by atoms with Gasteiger partial charge < -0.3 is 19.5 Å². The molecule has 4 nitrogen and oxygen atoms in total. The summed E-state index contributed by atoms with van der Waals surface area (Å²) in [5.74, 6) is 0. The van der Waals surface area contributed by atoms with Crippen LogP contribution in [-0.2, 0) is 0 Å². The molecular formula is C26H62N2O2. The van der Waals surface area contributed by atoms with Crippen molar-refractivity contribution in [2.45, 2.75) is 114 Å². The van der Waals surface area contributed by atoms with Crippen LogP contribution in [0.1, 0.15) is 114 Å². The normalized spacial score (nSPS) is 11.0. The van der Waals surface area contributed by atoms with Gasteiger partial charge in [0.25, 0.3) is 0 Å². The van der Waals surface area contributed by atoms with Gasteiger partial charge in [-0.1, -0.05) is 62.3 Å². The molecule has 0 bridgehead atoms. The van der Waals surface area contributed by atoms with Crippen LogP contribution in [0.15, 0.2) is 0 Å². The van der Waals surface area contributed by atoms with E-state index in [4.69, 9.17) is 5.11 Å². The van der Waals surface area contributed by atoms with Crippen molar-refractivity contribution in [1.82, 2.24) is 0 Å². The third-order valence-electron chi connectivity index (χ3n) is 5.58. The first-order valence-corrected chi connectivity index (χ1v) is 13.2. The third kappa shape index (κ3) is 19.8. The van der Waals surface area contributed by atoms with Crippen molar-refractivity contribution < 1.29 is 19.5 Å². The average molecular weight is 435 g/mol. The average Bonchev–Trinajstić information content (AvgIpc) is 2.65. The van der Waals surface area contributed by atoms with Gasteiger partial charge in [-0.05, 0) is 51.4 Å². The molecule has 0 aliphatic heterocycles. The van der Waals surface area contributed by atoms with Gasteiger partial charge in [0, 0.05) is 0 Å². The predicted octanol–water partition coefficient (Wildman–Crippen LogP) is 6.08. The van der Waals surface area contributed by atoms with Gasteiger partial charge in [-0.2, -0.15) is 0 Å². The molecule has 0 amide bonds. The van der Waals surface area contributed by atoms with Gasteiger partial charge in [0.1, 0.15) is 0 Å². The molecular weight excluding hydrogens is 372 g/mol. The molecule has 0 aromatic rings. The van der Waals surface area contributed by atoms with Gasteiger partial charge in [-0.3, -0.25) is 0 Å². The smallest absolute Gasteiger partial charge is 0.0783 e. The molecule has 0 rings (SSSR count). The van der Waals surface area contributed by atoms with Crippen LogP contribution in [0.5, 0.6) is 0 Å². The van der Waals surface area contributed by atoms with E-state index in [1.165, 1.54) is 113 Å². The minimum Gasteiger partial charge on any atom is -0.870 e. The standard InChI is InChI=1S/2C12H28N.C2H5O.H2O/c2*1-5-9-13(10-6-2,11-7-3)12-8-4;1-2-3;/h2*5-12H2,1-4H3;2H2,1H3;1H2/q2*+1;-1;/p-1. The van der Waals surface area contributed by atoms with Crippen molar-refractivity contribution in [2.24, 2.45) is 0 Å². The third-order valence-corrected chi connectivity index (χ3v) is 5.58. The van der Waals surface area contributed by atoms with Gasteiger partial charge in [-0.25, -0.2) is 0 Å². The summed E-state index contributed by atoms with van der Waals surface area (Å²) in [5.41, 5.74) is 0. The van der Waals surface area contributed by atoms with Gasteiger partial charge in [-0.15, -0.1) is 6.61 Å². The fraction of sp³-hybridized carbons (Fsp3) is 1.00. The predicted molar refractivity (Wildman–Crippen MR) is 134 cm³/mol. The molecule has 0 aliphatic carbocycles. The summed E-state index contributed by atoms with van der Waals surface area (Å²) >= 11 is 0. The lowest BCUT2D eigenvalue weighted by atomic mass is 10.2. The van der Waals surface area contributed by atoms with Gasteiger partial charge in [0.05, 0.1) is 52.4 Å². The maximum Gasteiger partial charge on any atom is 0.0783 e. The van der Waals surface area contributed by atoms with Crippen LogP contribution in [0.2, 0.25) is 0 Å². The molecule has 0 unspecified atom stereocenters. The second-order valence-corrected chi connectivity index (χ2v) is 8.76. The molecule has 0 atom stereocenters. The Morgan fingerprint density at radius 3 is 0.533 bits per heavy atom. The van der Waals surface area contributed by atoms with Crippen molar-refractivity contribution in [3.63, 3.8) is 0 Å². The topological polar surface area (TPSA) is 53.1 Å². The molecule has 4 heteroatoms.